The van der Waals surface area contributed by atoms with Gasteiger partial charge in [-0.05, 0) is 12.1 Å². The van der Waals surface area contributed by atoms with E-state index in [9.17, 15) is 0 Å². The highest BCUT2D eigenvalue weighted by molar-refractivity contribution is 5.93. The van der Waals surface area contributed by atoms with Crippen LogP contribution in [-0.4, -0.2) is 31.2 Å². The maximum atomic E-state index is 5.79. The lowest BCUT2D eigenvalue weighted by atomic mass is 9.94. The van der Waals surface area contributed by atoms with E-state index in [1.165, 1.54) is 0 Å². The normalized spacial score (nSPS) is 14.7. The SMILES string of the molecule is CN=C(NCc1ncc(C(C)(C)C)o1)Nc1ccc2c(c1)OCCCO2. The van der Waals surface area contributed by atoms with Crippen LogP contribution in [0.15, 0.2) is 33.8 Å². The molecule has 140 valence electrons. The van der Waals surface area contributed by atoms with Gasteiger partial charge in [0.05, 0.1) is 26.0 Å². The lowest BCUT2D eigenvalue weighted by molar-refractivity contribution is 0.297. The van der Waals surface area contributed by atoms with E-state index in [1.807, 2.05) is 18.2 Å². The molecule has 2 N–H and O–H groups in total. The molecule has 0 aliphatic carbocycles. The Morgan fingerprint density at radius 1 is 1.19 bits per heavy atom. The van der Waals surface area contributed by atoms with Crippen LogP contribution in [0.4, 0.5) is 5.69 Å². The number of ether oxygens (including phenoxy) is 2. The first-order valence-electron chi connectivity index (χ1n) is 8.78. The minimum atomic E-state index is -0.0604. The van der Waals surface area contributed by atoms with Gasteiger partial charge >= 0.3 is 0 Å². The van der Waals surface area contributed by atoms with Gasteiger partial charge in [-0.1, -0.05) is 20.8 Å². The van der Waals surface area contributed by atoms with Crippen LogP contribution in [0.3, 0.4) is 0 Å². The van der Waals surface area contributed by atoms with Crippen molar-refractivity contribution in [3.63, 3.8) is 0 Å². The summed E-state index contributed by atoms with van der Waals surface area (Å²) in [6.45, 7) is 8.06. The van der Waals surface area contributed by atoms with Gasteiger partial charge in [0.15, 0.2) is 17.5 Å². The molecule has 7 nitrogen and oxygen atoms in total. The second kappa shape index (κ2) is 7.68. The van der Waals surface area contributed by atoms with E-state index in [4.69, 9.17) is 13.9 Å². The summed E-state index contributed by atoms with van der Waals surface area (Å²) in [6, 6.07) is 5.75. The molecule has 7 heteroatoms. The molecule has 0 saturated heterocycles. The van der Waals surface area contributed by atoms with Crippen LogP contribution in [-0.2, 0) is 12.0 Å². The third-order valence-corrected chi connectivity index (χ3v) is 3.93. The number of anilines is 1. The van der Waals surface area contributed by atoms with Gasteiger partial charge in [0.2, 0.25) is 5.89 Å². The summed E-state index contributed by atoms with van der Waals surface area (Å²) in [5, 5.41) is 6.44. The van der Waals surface area contributed by atoms with E-state index >= 15 is 0 Å². The maximum absolute atomic E-state index is 5.79. The van der Waals surface area contributed by atoms with Crippen LogP contribution in [0.25, 0.3) is 0 Å². The first-order valence-corrected chi connectivity index (χ1v) is 8.78. The summed E-state index contributed by atoms with van der Waals surface area (Å²) in [5.74, 6) is 3.61. The molecule has 1 aromatic heterocycles. The highest BCUT2D eigenvalue weighted by Crippen LogP contribution is 2.32. The molecule has 1 aliphatic rings. The molecule has 0 saturated carbocycles. The molecule has 2 aromatic rings. The molecule has 2 heterocycles. The molecule has 3 rings (SSSR count). The van der Waals surface area contributed by atoms with Gasteiger partial charge in [0.25, 0.3) is 0 Å². The summed E-state index contributed by atoms with van der Waals surface area (Å²) in [4.78, 5) is 8.55. The van der Waals surface area contributed by atoms with Crippen LogP contribution in [0.1, 0.15) is 38.8 Å². The van der Waals surface area contributed by atoms with Gasteiger partial charge in [-0.15, -0.1) is 0 Å². The zero-order valence-corrected chi connectivity index (χ0v) is 15.8. The zero-order valence-electron chi connectivity index (χ0n) is 15.8. The number of guanidine groups is 1. The van der Waals surface area contributed by atoms with Crippen LogP contribution in [0.2, 0.25) is 0 Å². The minimum absolute atomic E-state index is 0.0604. The summed E-state index contributed by atoms with van der Waals surface area (Å²) in [6.07, 6.45) is 2.66. The molecule has 0 spiro atoms. The Labute approximate surface area is 153 Å². The highest BCUT2D eigenvalue weighted by atomic mass is 16.5. The number of rotatable bonds is 3. The third kappa shape index (κ3) is 4.47. The van der Waals surface area contributed by atoms with E-state index in [0.717, 1.165) is 29.4 Å². The smallest absolute Gasteiger partial charge is 0.213 e. The van der Waals surface area contributed by atoms with E-state index < -0.39 is 0 Å². The Morgan fingerprint density at radius 2 is 1.96 bits per heavy atom. The van der Waals surface area contributed by atoms with Crippen molar-refractivity contribution in [1.82, 2.24) is 10.3 Å². The van der Waals surface area contributed by atoms with Crippen molar-refractivity contribution >= 4 is 11.6 Å². The number of nitrogens with zero attached hydrogens (tertiary/aromatic N) is 2. The monoisotopic (exact) mass is 358 g/mol. The van der Waals surface area contributed by atoms with Crippen molar-refractivity contribution in [3.8, 4) is 11.5 Å². The summed E-state index contributed by atoms with van der Waals surface area (Å²) in [5.41, 5.74) is 0.805. The average Bonchev–Trinajstić information content (AvgIpc) is 2.97. The molecule has 0 radical (unpaired) electrons. The average molecular weight is 358 g/mol. The molecule has 0 fully saturated rings. The molecule has 0 unspecified atom stereocenters. The van der Waals surface area contributed by atoms with Gasteiger partial charge in [-0.2, -0.15) is 0 Å². The lowest BCUT2D eigenvalue weighted by Gasteiger charge is -2.14. The van der Waals surface area contributed by atoms with Crippen LogP contribution < -0.4 is 20.1 Å². The van der Waals surface area contributed by atoms with Gasteiger partial charge in [0.1, 0.15) is 5.76 Å². The van der Waals surface area contributed by atoms with Gasteiger partial charge in [0, 0.05) is 30.6 Å². The zero-order chi connectivity index (χ0) is 18.6. The highest BCUT2D eigenvalue weighted by Gasteiger charge is 2.19. The number of benzene rings is 1. The van der Waals surface area contributed by atoms with Crippen LogP contribution in [0, 0.1) is 0 Å². The van der Waals surface area contributed by atoms with Crippen LogP contribution in [0.5, 0.6) is 11.5 Å². The third-order valence-electron chi connectivity index (χ3n) is 3.93. The summed E-state index contributed by atoms with van der Waals surface area (Å²) < 4.78 is 17.2. The fraction of sp³-hybridized carbons (Fsp3) is 0.474. The number of aromatic nitrogens is 1. The molecular formula is C19H26N4O3. The van der Waals surface area contributed by atoms with Crippen molar-refractivity contribution in [2.75, 3.05) is 25.6 Å². The Hall–Kier alpha value is -2.70. The van der Waals surface area contributed by atoms with Gasteiger partial charge in [-0.25, -0.2) is 4.98 Å². The standard InChI is InChI=1S/C19H26N4O3/c1-19(2,3)16-11-21-17(26-16)12-22-18(20-4)23-13-6-7-14-15(10-13)25-9-5-8-24-14/h6-7,10-11H,5,8-9,12H2,1-4H3,(H2,20,22,23). The molecule has 26 heavy (non-hydrogen) atoms. The van der Waals surface area contributed by atoms with E-state index in [2.05, 4.69) is 41.4 Å². The van der Waals surface area contributed by atoms with Crippen molar-refractivity contribution in [3.05, 3.63) is 36.0 Å². The number of fused-ring (bicyclic) bond motifs is 1. The minimum Gasteiger partial charge on any atom is -0.490 e. The number of hydrogen-bond acceptors (Lipinski definition) is 5. The van der Waals surface area contributed by atoms with Gasteiger partial charge < -0.3 is 24.5 Å². The Morgan fingerprint density at radius 3 is 2.65 bits per heavy atom. The lowest BCUT2D eigenvalue weighted by Crippen LogP contribution is -2.30. The van der Waals surface area contributed by atoms with Crippen molar-refractivity contribution in [2.24, 2.45) is 4.99 Å². The Bertz CT molecular complexity index is 777. The second-order valence-electron chi connectivity index (χ2n) is 7.13. The maximum Gasteiger partial charge on any atom is 0.213 e. The topological polar surface area (TPSA) is 80.9 Å². The first kappa shape index (κ1) is 18.1. The largest absolute Gasteiger partial charge is 0.490 e. The van der Waals surface area contributed by atoms with E-state index in [1.54, 1.807) is 13.2 Å². The number of oxazole rings is 1. The summed E-state index contributed by atoms with van der Waals surface area (Å²) in [7, 11) is 1.72. The number of hydrogen-bond donors (Lipinski definition) is 2. The van der Waals surface area contributed by atoms with Crippen molar-refractivity contribution < 1.29 is 13.9 Å². The number of aliphatic imine (C=N–C) groups is 1. The van der Waals surface area contributed by atoms with Gasteiger partial charge in [-0.3, -0.25) is 4.99 Å². The fourth-order valence-electron chi connectivity index (χ4n) is 2.45. The summed E-state index contributed by atoms with van der Waals surface area (Å²) >= 11 is 0. The van der Waals surface area contributed by atoms with Crippen molar-refractivity contribution in [2.45, 2.75) is 39.2 Å². The predicted octanol–water partition coefficient (Wildman–Crippen LogP) is 3.32. The van der Waals surface area contributed by atoms with E-state index in [0.29, 0.717) is 31.6 Å². The predicted molar refractivity (Wildman–Crippen MR) is 101 cm³/mol. The fourth-order valence-corrected chi connectivity index (χ4v) is 2.45. The molecule has 1 aromatic carbocycles. The molecule has 0 bridgehead atoms. The van der Waals surface area contributed by atoms with Crippen LogP contribution >= 0.6 is 0 Å². The molecule has 0 atom stereocenters. The Kier molecular flexibility index (Phi) is 5.35. The van der Waals surface area contributed by atoms with Crippen molar-refractivity contribution in [1.29, 1.82) is 0 Å². The molecule has 1 aliphatic heterocycles. The second-order valence-corrected chi connectivity index (χ2v) is 7.13. The quantitative estimate of drug-likeness (QED) is 0.647. The number of nitrogens with one attached hydrogen (secondary N) is 2. The first-order chi connectivity index (χ1) is 12.5. The molecular weight excluding hydrogens is 332 g/mol. The Balaban J connectivity index is 1.61. The molecule has 0 amide bonds. The van der Waals surface area contributed by atoms with E-state index in [-0.39, 0.29) is 5.41 Å².